The Morgan fingerprint density at radius 1 is 0.750 bits per heavy atom. The normalized spacial score (nSPS) is 12.9. The van der Waals surface area contributed by atoms with E-state index in [0.717, 1.165) is 11.8 Å². The summed E-state index contributed by atoms with van der Waals surface area (Å²) in [6.07, 6.45) is 0.985. The highest BCUT2D eigenvalue weighted by atomic mass is 35.5. The highest BCUT2D eigenvalue weighted by molar-refractivity contribution is 7.99. The zero-order valence-corrected chi connectivity index (χ0v) is 29.0. The molecule has 0 saturated heterocycles. The van der Waals surface area contributed by atoms with Crippen LogP contribution in [0.4, 0.5) is 16.2 Å². The number of urea groups is 1. The van der Waals surface area contributed by atoms with E-state index in [1.54, 1.807) is 48.5 Å². The van der Waals surface area contributed by atoms with Crippen molar-refractivity contribution in [3.63, 3.8) is 0 Å². The number of rotatable bonds is 18. The van der Waals surface area contributed by atoms with Gasteiger partial charge in [-0.2, -0.15) is 11.8 Å². The van der Waals surface area contributed by atoms with E-state index in [9.17, 15) is 39.0 Å². The average Bonchev–Trinajstić information content (AvgIpc) is 2.98. The number of anilines is 2. The molecule has 0 heterocycles. The van der Waals surface area contributed by atoms with Gasteiger partial charge >= 0.3 is 18.0 Å². The molecule has 15 heteroatoms. The van der Waals surface area contributed by atoms with Gasteiger partial charge in [-0.15, -0.1) is 0 Å². The van der Waals surface area contributed by atoms with Gasteiger partial charge in [0.2, 0.25) is 17.7 Å². The number of carbonyl (C=O) groups is 6. The van der Waals surface area contributed by atoms with Crippen LogP contribution in [0.1, 0.15) is 58.9 Å². The SMILES string of the molecule is CCCC(NC(=O)Cc1ccc(NC(=O)Nc2ccc(Cl)cc2)cc1)C(=O)NC(CSCCC(NC(=O)CC(C)(C)C)C(=O)O)C(=O)O. The van der Waals surface area contributed by atoms with E-state index in [1.807, 2.05) is 27.7 Å². The van der Waals surface area contributed by atoms with Crippen molar-refractivity contribution >= 4 is 70.4 Å². The first-order valence-corrected chi connectivity index (χ1v) is 16.9. The Bertz CT molecular complexity index is 1420. The Kier molecular flexibility index (Phi) is 16.2. The van der Waals surface area contributed by atoms with Gasteiger partial charge in [0, 0.05) is 28.6 Å². The van der Waals surface area contributed by atoms with E-state index in [0.29, 0.717) is 28.4 Å². The highest BCUT2D eigenvalue weighted by Gasteiger charge is 2.27. The van der Waals surface area contributed by atoms with Crippen LogP contribution in [0.5, 0.6) is 0 Å². The molecule has 0 aromatic heterocycles. The van der Waals surface area contributed by atoms with E-state index in [2.05, 4.69) is 26.6 Å². The second-order valence-corrected chi connectivity index (χ2v) is 13.9. The van der Waals surface area contributed by atoms with Crippen molar-refractivity contribution in [1.29, 1.82) is 0 Å². The van der Waals surface area contributed by atoms with Gasteiger partial charge in [0.15, 0.2) is 0 Å². The summed E-state index contributed by atoms with van der Waals surface area (Å²) < 4.78 is 0. The van der Waals surface area contributed by atoms with Gasteiger partial charge in [0.25, 0.3) is 0 Å². The lowest BCUT2D eigenvalue weighted by Crippen LogP contribution is -2.52. The second kappa shape index (κ2) is 19.5. The molecule has 262 valence electrons. The van der Waals surface area contributed by atoms with Gasteiger partial charge in [-0.3, -0.25) is 14.4 Å². The molecular weight excluding hydrogens is 662 g/mol. The second-order valence-electron chi connectivity index (χ2n) is 12.3. The molecule has 7 N–H and O–H groups in total. The van der Waals surface area contributed by atoms with Gasteiger partial charge in [0.1, 0.15) is 18.1 Å². The first kappa shape index (κ1) is 39.9. The van der Waals surface area contributed by atoms with Gasteiger partial charge in [-0.1, -0.05) is 57.8 Å². The largest absolute Gasteiger partial charge is 0.480 e. The number of aliphatic carboxylic acids is 2. The van der Waals surface area contributed by atoms with Crippen molar-refractivity contribution in [3.05, 3.63) is 59.1 Å². The maximum absolute atomic E-state index is 13.0. The number of amides is 5. The van der Waals surface area contributed by atoms with E-state index in [1.165, 1.54) is 0 Å². The number of carboxylic acid groups (broad SMARTS) is 2. The summed E-state index contributed by atoms with van der Waals surface area (Å²) in [7, 11) is 0. The third-order valence-electron chi connectivity index (χ3n) is 6.68. The Labute approximate surface area is 289 Å². The zero-order chi connectivity index (χ0) is 35.9. The van der Waals surface area contributed by atoms with Gasteiger partial charge in [-0.05, 0) is 66.0 Å². The van der Waals surface area contributed by atoms with Crippen LogP contribution < -0.4 is 26.6 Å². The summed E-state index contributed by atoms with van der Waals surface area (Å²) >= 11 is 6.99. The van der Waals surface area contributed by atoms with Crippen LogP contribution in [0.25, 0.3) is 0 Å². The third-order valence-corrected chi connectivity index (χ3v) is 8.03. The number of halogens is 1. The molecule has 2 aromatic carbocycles. The standard InChI is InChI=1S/C33H44ClN5O8S/c1-5-6-24(29(42)39-26(31(45)46)19-48-16-15-25(30(43)44)38-28(41)18-33(2,3)4)37-27(40)17-20-7-11-22(12-8-20)35-32(47)36-23-13-9-21(34)10-14-23/h7-14,24-26H,5-6,15-19H2,1-4H3,(H,37,40)(H,38,41)(H,39,42)(H,43,44)(H,45,46)(H2,35,36,47). The van der Waals surface area contributed by atoms with Crippen molar-refractivity contribution in [1.82, 2.24) is 16.0 Å². The fraction of sp³-hybridized carbons (Fsp3) is 0.455. The molecular formula is C33H44ClN5O8S. The number of carboxylic acids is 2. The highest BCUT2D eigenvalue weighted by Crippen LogP contribution is 2.19. The minimum Gasteiger partial charge on any atom is -0.480 e. The topological polar surface area (TPSA) is 203 Å². The Morgan fingerprint density at radius 3 is 1.81 bits per heavy atom. The van der Waals surface area contributed by atoms with Crippen LogP contribution >= 0.6 is 23.4 Å². The van der Waals surface area contributed by atoms with Gasteiger partial charge < -0.3 is 36.8 Å². The summed E-state index contributed by atoms with van der Waals surface area (Å²) in [5.74, 6) is -3.77. The molecule has 0 aliphatic rings. The summed E-state index contributed by atoms with van der Waals surface area (Å²) in [6.45, 7) is 7.41. The Balaban J connectivity index is 1.87. The Morgan fingerprint density at radius 2 is 1.29 bits per heavy atom. The van der Waals surface area contributed by atoms with E-state index < -0.39 is 47.9 Å². The number of carbonyl (C=O) groups excluding carboxylic acids is 4. The van der Waals surface area contributed by atoms with Crippen LogP contribution in [0.3, 0.4) is 0 Å². The average molecular weight is 706 g/mol. The van der Waals surface area contributed by atoms with E-state index in [-0.39, 0.29) is 48.5 Å². The number of hydrogen-bond acceptors (Lipinski definition) is 7. The van der Waals surface area contributed by atoms with E-state index in [4.69, 9.17) is 11.6 Å². The van der Waals surface area contributed by atoms with Crippen molar-refractivity contribution in [2.45, 2.75) is 77.9 Å². The molecule has 48 heavy (non-hydrogen) atoms. The lowest BCUT2D eigenvalue weighted by molar-refractivity contribution is -0.142. The molecule has 0 bridgehead atoms. The molecule has 2 rings (SSSR count). The molecule has 2 aromatic rings. The molecule has 0 aliphatic carbocycles. The number of nitrogens with one attached hydrogen (secondary N) is 5. The number of thioether (sulfide) groups is 1. The van der Waals surface area contributed by atoms with Gasteiger partial charge in [-0.25, -0.2) is 14.4 Å². The monoisotopic (exact) mass is 705 g/mol. The molecule has 0 radical (unpaired) electrons. The molecule has 0 spiro atoms. The molecule has 3 atom stereocenters. The van der Waals surface area contributed by atoms with Crippen LogP contribution in [-0.4, -0.2) is 75.5 Å². The number of hydrogen-bond donors (Lipinski definition) is 7. The van der Waals surface area contributed by atoms with Crippen molar-refractivity contribution in [2.24, 2.45) is 5.41 Å². The van der Waals surface area contributed by atoms with Crippen molar-refractivity contribution in [3.8, 4) is 0 Å². The van der Waals surface area contributed by atoms with Gasteiger partial charge in [0.05, 0.1) is 6.42 Å². The first-order valence-electron chi connectivity index (χ1n) is 15.4. The minimum absolute atomic E-state index is 0.0474. The lowest BCUT2D eigenvalue weighted by atomic mass is 9.92. The minimum atomic E-state index is -1.28. The molecule has 0 saturated carbocycles. The lowest BCUT2D eigenvalue weighted by Gasteiger charge is -2.22. The summed E-state index contributed by atoms with van der Waals surface area (Å²) in [5.41, 5.74) is 1.37. The van der Waals surface area contributed by atoms with Crippen LogP contribution in [0.2, 0.25) is 5.02 Å². The molecule has 5 amide bonds. The maximum Gasteiger partial charge on any atom is 0.327 e. The zero-order valence-electron chi connectivity index (χ0n) is 27.4. The maximum atomic E-state index is 13.0. The predicted octanol–water partition coefficient (Wildman–Crippen LogP) is 4.51. The molecule has 0 fully saturated rings. The summed E-state index contributed by atoms with van der Waals surface area (Å²) in [5, 5.41) is 32.7. The predicted molar refractivity (Wildman–Crippen MR) is 186 cm³/mol. The Hall–Kier alpha value is -4.30. The summed E-state index contributed by atoms with van der Waals surface area (Å²) in [4.78, 5) is 73.8. The molecule has 3 unspecified atom stereocenters. The quantitative estimate of drug-likeness (QED) is 0.109. The van der Waals surface area contributed by atoms with Crippen LogP contribution in [-0.2, 0) is 30.4 Å². The van der Waals surface area contributed by atoms with E-state index >= 15 is 0 Å². The fourth-order valence-corrected chi connectivity index (χ4v) is 5.51. The molecule has 0 aliphatic heterocycles. The first-order chi connectivity index (χ1) is 22.6. The fourth-order valence-electron chi connectivity index (χ4n) is 4.35. The number of benzene rings is 2. The van der Waals surface area contributed by atoms with Crippen LogP contribution in [0, 0.1) is 5.41 Å². The smallest absolute Gasteiger partial charge is 0.327 e. The van der Waals surface area contributed by atoms with Crippen molar-refractivity contribution in [2.75, 3.05) is 22.1 Å². The van der Waals surface area contributed by atoms with Crippen molar-refractivity contribution < 1.29 is 39.0 Å². The third kappa shape index (κ3) is 15.5. The summed E-state index contributed by atoms with van der Waals surface area (Å²) in [6, 6.07) is 9.37. The molecule has 13 nitrogen and oxygen atoms in total. The van der Waals surface area contributed by atoms with Crippen LogP contribution in [0.15, 0.2) is 48.5 Å².